The molecule has 0 aliphatic heterocycles. The van der Waals surface area contributed by atoms with Gasteiger partial charge in [0, 0.05) is 16.9 Å². The van der Waals surface area contributed by atoms with E-state index in [4.69, 9.17) is 9.26 Å². The zero-order valence-electron chi connectivity index (χ0n) is 17.8. The fraction of sp³-hybridized carbons (Fsp3) is 0.125. The van der Waals surface area contributed by atoms with Crippen molar-refractivity contribution in [1.82, 2.24) is 15.0 Å². The molecule has 32 heavy (non-hydrogen) atoms. The van der Waals surface area contributed by atoms with Crippen LogP contribution in [-0.4, -0.2) is 35.2 Å². The smallest absolute Gasteiger partial charge is 0.323 e. The zero-order chi connectivity index (χ0) is 22.3. The molecule has 0 aliphatic carbocycles. The van der Waals surface area contributed by atoms with E-state index in [-0.39, 0.29) is 6.03 Å². The van der Waals surface area contributed by atoms with Crippen molar-refractivity contribution in [3.8, 4) is 22.9 Å². The summed E-state index contributed by atoms with van der Waals surface area (Å²) >= 11 is 0. The van der Waals surface area contributed by atoms with Gasteiger partial charge in [-0.3, -0.25) is 0 Å². The quantitative estimate of drug-likeness (QED) is 0.418. The number of hydrogen-bond donors (Lipinski definition) is 2. The highest BCUT2D eigenvalue weighted by molar-refractivity contribution is 5.99. The first-order valence-corrected chi connectivity index (χ1v) is 10.0. The molecule has 0 aliphatic rings. The van der Waals surface area contributed by atoms with Crippen molar-refractivity contribution in [2.75, 3.05) is 24.7 Å². The highest BCUT2D eigenvalue weighted by Gasteiger charge is 2.10. The van der Waals surface area contributed by atoms with Gasteiger partial charge in [-0.15, -0.1) is 0 Å². The van der Waals surface area contributed by atoms with Crippen molar-refractivity contribution in [2.45, 2.75) is 6.54 Å². The normalized spacial score (nSPS) is 10.7. The number of carbonyl (C=O) groups excluding carboxylic acids is 1. The number of benzene rings is 3. The predicted octanol–water partition coefficient (Wildman–Crippen LogP) is 5.23. The molecule has 0 saturated heterocycles. The van der Waals surface area contributed by atoms with Crippen LogP contribution in [0.3, 0.4) is 0 Å². The number of nitrogens with one attached hydrogen (secondary N) is 2. The van der Waals surface area contributed by atoms with Crippen LogP contribution in [0.5, 0.6) is 11.5 Å². The van der Waals surface area contributed by atoms with E-state index in [1.165, 1.54) is 0 Å². The van der Waals surface area contributed by atoms with Crippen LogP contribution in [0.2, 0.25) is 0 Å². The number of nitrogens with zero attached hydrogens (tertiary/aromatic N) is 3. The first-order chi connectivity index (χ1) is 15.5. The average Bonchev–Trinajstić information content (AvgIpc) is 3.24. The molecule has 8 heteroatoms. The maximum absolute atomic E-state index is 12.3. The van der Waals surface area contributed by atoms with E-state index in [2.05, 4.69) is 20.8 Å². The molecule has 8 nitrogen and oxygen atoms in total. The van der Waals surface area contributed by atoms with E-state index >= 15 is 0 Å². The Bertz CT molecular complexity index is 1160. The van der Waals surface area contributed by atoms with Crippen molar-refractivity contribution in [3.63, 3.8) is 0 Å². The fourth-order valence-electron chi connectivity index (χ4n) is 2.93. The molecule has 2 N–H and O–H groups in total. The van der Waals surface area contributed by atoms with E-state index < -0.39 is 0 Å². The lowest BCUT2D eigenvalue weighted by Gasteiger charge is -2.09. The van der Waals surface area contributed by atoms with Gasteiger partial charge < -0.3 is 24.8 Å². The molecular formula is C24H23N5O3. The Morgan fingerprint density at radius 3 is 2.09 bits per heavy atom. The minimum atomic E-state index is -0.345. The van der Waals surface area contributed by atoms with Crippen molar-refractivity contribution in [3.05, 3.63) is 84.8 Å². The van der Waals surface area contributed by atoms with Gasteiger partial charge in [0.05, 0.1) is 6.54 Å². The Hall–Kier alpha value is -4.17. The Morgan fingerprint density at radius 1 is 0.875 bits per heavy atom. The van der Waals surface area contributed by atoms with Crippen molar-refractivity contribution < 1.29 is 14.1 Å². The lowest BCUT2D eigenvalue weighted by Crippen LogP contribution is -2.19. The third-order valence-electron chi connectivity index (χ3n) is 4.41. The van der Waals surface area contributed by atoms with Crippen LogP contribution < -0.4 is 15.4 Å². The predicted molar refractivity (Wildman–Crippen MR) is 123 cm³/mol. The molecule has 0 spiro atoms. The number of para-hydroxylation sites is 1. The summed E-state index contributed by atoms with van der Waals surface area (Å²) in [6.07, 6.45) is 0. The van der Waals surface area contributed by atoms with Crippen LogP contribution in [0.15, 0.2) is 83.4 Å². The van der Waals surface area contributed by atoms with Gasteiger partial charge in [-0.2, -0.15) is 4.98 Å². The zero-order valence-corrected chi connectivity index (χ0v) is 17.8. The summed E-state index contributed by atoms with van der Waals surface area (Å²) in [5, 5.41) is 9.60. The summed E-state index contributed by atoms with van der Waals surface area (Å²) in [7, 11) is 3.87. The van der Waals surface area contributed by atoms with Crippen LogP contribution in [0, 0.1) is 0 Å². The first-order valence-electron chi connectivity index (χ1n) is 10.0. The topological polar surface area (TPSA) is 92.5 Å². The standard InChI is InChI=1S/C24H23N5O3/c1-29(2)16-22-27-23(28-32-22)17-8-10-18(11-9-17)25-24(30)26-19-12-14-21(15-13-19)31-20-6-4-3-5-7-20/h3-15H,16H2,1-2H3,(H2,25,26,30). The average molecular weight is 429 g/mol. The molecule has 0 unspecified atom stereocenters. The molecule has 2 amide bonds. The molecule has 0 fully saturated rings. The molecule has 1 aromatic heterocycles. The highest BCUT2D eigenvalue weighted by atomic mass is 16.5. The first kappa shape index (κ1) is 21.1. The molecule has 3 aromatic carbocycles. The summed E-state index contributed by atoms with van der Waals surface area (Å²) in [6.45, 7) is 0.576. The van der Waals surface area contributed by atoms with Gasteiger partial charge in [-0.25, -0.2) is 4.79 Å². The van der Waals surface area contributed by atoms with Gasteiger partial charge in [0.1, 0.15) is 11.5 Å². The minimum absolute atomic E-state index is 0.345. The molecule has 0 bridgehead atoms. The Balaban J connectivity index is 1.31. The van der Waals surface area contributed by atoms with Crippen LogP contribution in [0.25, 0.3) is 11.4 Å². The minimum Gasteiger partial charge on any atom is -0.457 e. The van der Waals surface area contributed by atoms with E-state index in [9.17, 15) is 4.79 Å². The second-order valence-electron chi connectivity index (χ2n) is 7.35. The maximum atomic E-state index is 12.3. The van der Waals surface area contributed by atoms with Gasteiger partial charge in [0.15, 0.2) is 0 Å². The Labute approximate surface area is 185 Å². The SMILES string of the molecule is CN(C)Cc1nc(-c2ccc(NC(=O)Nc3ccc(Oc4ccccc4)cc3)cc2)no1. The van der Waals surface area contributed by atoms with Gasteiger partial charge in [-0.1, -0.05) is 23.4 Å². The van der Waals surface area contributed by atoms with Crippen molar-refractivity contribution in [1.29, 1.82) is 0 Å². The lowest BCUT2D eigenvalue weighted by atomic mass is 10.2. The van der Waals surface area contributed by atoms with Gasteiger partial charge >= 0.3 is 6.03 Å². The van der Waals surface area contributed by atoms with Crippen LogP contribution in [-0.2, 0) is 6.54 Å². The van der Waals surface area contributed by atoms with Crippen LogP contribution in [0.4, 0.5) is 16.2 Å². The Morgan fingerprint density at radius 2 is 1.47 bits per heavy atom. The number of rotatable bonds is 7. The molecule has 0 saturated carbocycles. The largest absolute Gasteiger partial charge is 0.457 e. The van der Waals surface area contributed by atoms with Crippen molar-refractivity contribution >= 4 is 17.4 Å². The monoisotopic (exact) mass is 429 g/mol. The second kappa shape index (κ2) is 9.76. The molecule has 0 atom stereocenters. The van der Waals surface area contributed by atoms with E-state index in [0.717, 1.165) is 11.3 Å². The van der Waals surface area contributed by atoms with E-state index in [1.807, 2.05) is 61.5 Å². The molecule has 0 radical (unpaired) electrons. The highest BCUT2D eigenvalue weighted by Crippen LogP contribution is 2.23. The van der Waals surface area contributed by atoms with Gasteiger partial charge in [0.2, 0.25) is 11.7 Å². The number of hydrogen-bond acceptors (Lipinski definition) is 6. The van der Waals surface area contributed by atoms with Crippen LogP contribution in [0.1, 0.15) is 5.89 Å². The number of ether oxygens (including phenoxy) is 1. The fourth-order valence-corrected chi connectivity index (χ4v) is 2.93. The second-order valence-corrected chi connectivity index (χ2v) is 7.35. The van der Waals surface area contributed by atoms with E-state index in [1.54, 1.807) is 36.4 Å². The van der Waals surface area contributed by atoms with Gasteiger partial charge in [0.25, 0.3) is 0 Å². The summed E-state index contributed by atoms with van der Waals surface area (Å²) in [5.41, 5.74) is 2.10. The summed E-state index contributed by atoms with van der Waals surface area (Å²) in [5.74, 6) is 2.50. The molecule has 162 valence electrons. The van der Waals surface area contributed by atoms with Crippen LogP contribution >= 0.6 is 0 Å². The number of amides is 2. The molecule has 1 heterocycles. The maximum Gasteiger partial charge on any atom is 0.323 e. The molecule has 4 aromatic rings. The Kier molecular flexibility index (Phi) is 6.43. The summed E-state index contributed by atoms with van der Waals surface area (Å²) < 4.78 is 11.0. The number of carbonyl (C=O) groups is 1. The third kappa shape index (κ3) is 5.71. The number of urea groups is 1. The molecule has 4 rings (SSSR count). The third-order valence-corrected chi connectivity index (χ3v) is 4.41. The van der Waals surface area contributed by atoms with E-state index in [0.29, 0.717) is 35.4 Å². The summed E-state index contributed by atoms with van der Waals surface area (Å²) in [4.78, 5) is 18.6. The van der Waals surface area contributed by atoms with Gasteiger partial charge in [-0.05, 0) is 74.8 Å². The number of aromatic nitrogens is 2. The summed E-state index contributed by atoms with van der Waals surface area (Å²) in [6, 6.07) is 23.6. The molecular weight excluding hydrogens is 406 g/mol. The lowest BCUT2D eigenvalue weighted by molar-refractivity contribution is 0.262. The van der Waals surface area contributed by atoms with Crippen molar-refractivity contribution in [2.24, 2.45) is 0 Å². The number of anilines is 2.